The van der Waals surface area contributed by atoms with Crippen molar-refractivity contribution < 1.29 is 14.3 Å². The molecule has 1 atom stereocenters. The molecule has 2 aliphatic rings. The third-order valence-corrected chi connectivity index (χ3v) is 6.00. The number of aromatic amines is 1. The van der Waals surface area contributed by atoms with Crippen LogP contribution in [0.25, 0.3) is 0 Å². The zero-order chi connectivity index (χ0) is 21.3. The van der Waals surface area contributed by atoms with E-state index < -0.39 is 0 Å². The Kier molecular flexibility index (Phi) is 5.57. The Morgan fingerprint density at radius 1 is 1.23 bits per heavy atom. The summed E-state index contributed by atoms with van der Waals surface area (Å²) in [6.07, 6.45) is 1.54. The maximum atomic E-state index is 12.8. The Morgan fingerprint density at radius 2 is 2.03 bits per heavy atom. The zero-order valence-electron chi connectivity index (χ0n) is 17.3. The zero-order valence-corrected chi connectivity index (χ0v) is 17.3. The number of carbonyl (C=O) groups excluding carboxylic acids is 2. The predicted octanol–water partition coefficient (Wildman–Crippen LogP) is 1.24. The quantitative estimate of drug-likeness (QED) is 0.818. The Morgan fingerprint density at radius 3 is 2.80 bits per heavy atom. The number of likely N-dealkylation sites (tertiary alicyclic amines) is 1. The van der Waals surface area contributed by atoms with E-state index in [4.69, 9.17) is 4.74 Å². The Labute approximate surface area is 174 Å². The minimum absolute atomic E-state index is 0.0155. The van der Waals surface area contributed by atoms with Crippen molar-refractivity contribution >= 4 is 11.8 Å². The number of hydrogen-bond donors (Lipinski definition) is 1. The van der Waals surface area contributed by atoms with Crippen LogP contribution < -0.4 is 10.3 Å². The number of para-hydroxylation sites is 1. The summed E-state index contributed by atoms with van der Waals surface area (Å²) in [6, 6.07) is 7.52. The summed E-state index contributed by atoms with van der Waals surface area (Å²) < 4.78 is 5.34. The molecule has 1 saturated heterocycles. The molecule has 8 heteroatoms. The molecule has 0 aliphatic carbocycles. The fourth-order valence-corrected chi connectivity index (χ4v) is 4.25. The molecule has 4 rings (SSSR count). The smallest absolute Gasteiger partial charge is 0.254 e. The monoisotopic (exact) mass is 410 g/mol. The molecule has 0 radical (unpaired) electrons. The molecule has 0 unspecified atom stereocenters. The highest BCUT2D eigenvalue weighted by molar-refractivity contribution is 5.80. The van der Waals surface area contributed by atoms with Gasteiger partial charge in [-0.1, -0.05) is 18.2 Å². The number of nitrogens with one attached hydrogen (secondary N) is 1. The molecular formula is C22H26N4O4. The van der Waals surface area contributed by atoms with Crippen molar-refractivity contribution in [2.45, 2.75) is 38.6 Å². The molecule has 0 saturated carbocycles. The minimum Gasteiger partial charge on any atom is -0.496 e. The average molecular weight is 410 g/mol. The van der Waals surface area contributed by atoms with Crippen molar-refractivity contribution in [2.75, 3.05) is 26.7 Å². The summed E-state index contributed by atoms with van der Waals surface area (Å²) in [5.41, 5.74) is 2.07. The fraction of sp³-hybridized carbons (Fsp3) is 0.455. The number of carbonyl (C=O) groups is 2. The van der Waals surface area contributed by atoms with E-state index in [9.17, 15) is 14.4 Å². The van der Waals surface area contributed by atoms with Crippen LogP contribution in [0.15, 0.2) is 29.1 Å². The Hall–Kier alpha value is -3.16. The topological polar surface area (TPSA) is 95.6 Å². The lowest BCUT2D eigenvalue weighted by Crippen LogP contribution is -2.38. The van der Waals surface area contributed by atoms with Crippen LogP contribution in [0, 0.1) is 0 Å². The predicted molar refractivity (Wildman–Crippen MR) is 110 cm³/mol. The van der Waals surface area contributed by atoms with E-state index >= 15 is 0 Å². The van der Waals surface area contributed by atoms with Gasteiger partial charge in [-0.3, -0.25) is 14.4 Å². The first-order valence-electron chi connectivity index (χ1n) is 10.2. The molecule has 1 aromatic carbocycles. The first-order valence-corrected chi connectivity index (χ1v) is 10.2. The molecule has 1 N–H and O–H groups in total. The van der Waals surface area contributed by atoms with Gasteiger partial charge in [-0.15, -0.1) is 0 Å². The molecule has 158 valence electrons. The molecule has 2 aromatic rings. The van der Waals surface area contributed by atoms with Crippen molar-refractivity contribution in [1.29, 1.82) is 0 Å². The standard InChI is InChI=1S/C22H26N4O4/c1-14(27)25-10-8-17-18(13-25)23-21(24-22(17)29)16-7-9-26(12-16)20(28)11-15-5-3-4-6-19(15)30-2/h3-6,16H,7-13H2,1-2H3,(H,23,24,29)/t16-/m1/s1. The van der Waals surface area contributed by atoms with Crippen LogP contribution in [0.4, 0.5) is 0 Å². The molecule has 8 nitrogen and oxygen atoms in total. The number of aromatic nitrogens is 2. The molecule has 3 heterocycles. The van der Waals surface area contributed by atoms with Gasteiger partial charge in [-0.2, -0.15) is 0 Å². The van der Waals surface area contributed by atoms with Gasteiger partial charge in [0.25, 0.3) is 5.56 Å². The highest BCUT2D eigenvalue weighted by Crippen LogP contribution is 2.27. The van der Waals surface area contributed by atoms with Crippen LogP contribution in [-0.4, -0.2) is 58.3 Å². The number of methoxy groups -OCH3 is 1. The Balaban J connectivity index is 1.47. The number of ether oxygens (including phenoxy) is 1. The van der Waals surface area contributed by atoms with Crippen molar-refractivity contribution in [3.63, 3.8) is 0 Å². The van der Waals surface area contributed by atoms with Crippen molar-refractivity contribution in [3.05, 3.63) is 57.3 Å². The first kappa shape index (κ1) is 20.1. The second-order valence-electron chi connectivity index (χ2n) is 7.88. The van der Waals surface area contributed by atoms with Gasteiger partial charge in [0.2, 0.25) is 11.8 Å². The van der Waals surface area contributed by atoms with Crippen LogP contribution in [0.5, 0.6) is 5.75 Å². The van der Waals surface area contributed by atoms with Crippen LogP contribution in [-0.2, 0) is 29.0 Å². The molecule has 2 amide bonds. The number of rotatable bonds is 4. The van der Waals surface area contributed by atoms with Crippen molar-refractivity contribution in [3.8, 4) is 5.75 Å². The van der Waals surface area contributed by atoms with Crippen LogP contribution >= 0.6 is 0 Å². The third kappa shape index (κ3) is 3.94. The third-order valence-electron chi connectivity index (χ3n) is 6.00. The van der Waals surface area contributed by atoms with E-state index in [1.54, 1.807) is 12.0 Å². The van der Waals surface area contributed by atoms with E-state index in [-0.39, 0.29) is 29.7 Å². The van der Waals surface area contributed by atoms with Gasteiger partial charge in [0, 0.05) is 43.6 Å². The van der Waals surface area contributed by atoms with E-state index in [1.807, 2.05) is 29.2 Å². The van der Waals surface area contributed by atoms with Gasteiger partial charge < -0.3 is 19.5 Å². The van der Waals surface area contributed by atoms with Gasteiger partial charge >= 0.3 is 0 Å². The number of fused-ring (bicyclic) bond motifs is 1. The number of H-pyrrole nitrogens is 1. The summed E-state index contributed by atoms with van der Waals surface area (Å²) in [5, 5.41) is 0. The van der Waals surface area contributed by atoms with E-state index in [1.165, 1.54) is 6.92 Å². The van der Waals surface area contributed by atoms with Gasteiger partial charge in [0.1, 0.15) is 11.6 Å². The van der Waals surface area contributed by atoms with E-state index in [2.05, 4.69) is 9.97 Å². The molecule has 0 bridgehead atoms. The maximum absolute atomic E-state index is 12.8. The van der Waals surface area contributed by atoms with Gasteiger partial charge in [0.05, 0.1) is 25.8 Å². The fourth-order valence-electron chi connectivity index (χ4n) is 4.25. The van der Waals surface area contributed by atoms with Crippen molar-refractivity contribution in [1.82, 2.24) is 19.8 Å². The van der Waals surface area contributed by atoms with Gasteiger partial charge in [0.15, 0.2) is 0 Å². The summed E-state index contributed by atoms with van der Waals surface area (Å²) >= 11 is 0. The first-order chi connectivity index (χ1) is 14.5. The SMILES string of the molecule is COc1ccccc1CC(=O)N1CC[C@@H](c2nc3c(c(=O)[nH]2)CCN(C(C)=O)C3)C1. The summed E-state index contributed by atoms with van der Waals surface area (Å²) in [6.45, 7) is 3.58. The lowest BCUT2D eigenvalue weighted by Gasteiger charge is -2.27. The number of benzene rings is 1. The highest BCUT2D eigenvalue weighted by Gasteiger charge is 2.31. The molecule has 1 fully saturated rings. The summed E-state index contributed by atoms with van der Waals surface area (Å²) in [5.74, 6) is 1.31. The average Bonchev–Trinajstić information content (AvgIpc) is 3.24. The minimum atomic E-state index is -0.128. The largest absolute Gasteiger partial charge is 0.496 e. The van der Waals surface area contributed by atoms with Crippen molar-refractivity contribution in [2.24, 2.45) is 0 Å². The molecule has 0 spiro atoms. The molecule has 1 aromatic heterocycles. The number of nitrogens with zero attached hydrogens (tertiary/aromatic N) is 3. The van der Waals surface area contributed by atoms with Gasteiger partial charge in [-0.05, 0) is 18.9 Å². The highest BCUT2D eigenvalue weighted by atomic mass is 16.5. The Bertz CT molecular complexity index is 1030. The lowest BCUT2D eigenvalue weighted by atomic mass is 10.0. The second-order valence-corrected chi connectivity index (χ2v) is 7.88. The van der Waals surface area contributed by atoms with Crippen LogP contribution in [0.2, 0.25) is 0 Å². The summed E-state index contributed by atoms with van der Waals surface area (Å²) in [4.78, 5) is 48.2. The molecule has 2 aliphatic heterocycles. The van der Waals surface area contributed by atoms with Crippen LogP contribution in [0.1, 0.15) is 41.9 Å². The summed E-state index contributed by atoms with van der Waals surface area (Å²) in [7, 11) is 1.60. The van der Waals surface area contributed by atoms with Crippen LogP contribution in [0.3, 0.4) is 0 Å². The number of hydrogen-bond acceptors (Lipinski definition) is 5. The molecular weight excluding hydrogens is 384 g/mol. The van der Waals surface area contributed by atoms with E-state index in [0.717, 1.165) is 12.0 Å². The molecule has 30 heavy (non-hydrogen) atoms. The lowest BCUT2D eigenvalue weighted by molar-refractivity contribution is -0.130. The second kappa shape index (κ2) is 8.30. The van der Waals surface area contributed by atoms with E-state index in [0.29, 0.717) is 55.4 Å². The normalized spacial score (nSPS) is 18.3. The maximum Gasteiger partial charge on any atom is 0.254 e. The number of amides is 2. The van der Waals surface area contributed by atoms with Gasteiger partial charge in [-0.25, -0.2) is 4.98 Å².